The highest BCUT2D eigenvalue weighted by molar-refractivity contribution is 6.42. The van der Waals surface area contributed by atoms with E-state index in [1.165, 1.54) is 0 Å². The summed E-state index contributed by atoms with van der Waals surface area (Å²) >= 11 is 12.2. The van der Waals surface area contributed by atoms with Crippen LogP contribution in [0.3, 0.4) is 0 Å². The molecule has 1 aliphatic heterocycles. The summed E-state index contributed by atoms with van der Waals surface area (Å²) in [5.74, 6) is -0.905. The molecule has 0 aliphatic carbocycles. The van der Waals surface area contributed by atoms with Crippen LogP contribution in [-0.2, 0) is 11.2 Å². The number of amides is 1. The lowest BCUT2D eigenvalue weighted by atomic mass is 10.0. The van der Waals surface area contributed by atoms with Gasteiger partial charge in [-0.3, -0.25) is 9.69 Å². The van der Waals surface area contributed by atoms with Gasteiger partial charge in [0.2, 0.25) is 5.91 Å². The minimum atomic E-state index is -0.934. The average molecular weight is 540 g/mol. The summed E-state index contributed by atoms with van der Waals surface area (Å²) in [5, 5.41) is 10.1. The fourth-order valence-corrected chi connectivity index (χ4v) is 4.99. The molecular weight excluding hydrogens is 509 g/mol. The van der Waals surface area contributed by atoms with Gasteiger partial charge in [0.25, 0.3) is 0 Å². The number of nitrogens with zero attached hydrogens (tertiary/aromatic N) is 3. The maximum atomic E-state index is 13.3. The predicted molar refractivity (Wildman–Crippen MR) is 150 cm³/mol. The maximum absolute atomic E-state index is 13.3. The zero-order valence-electron chi connectivity index (χ0n) is 21.0. The zero-order chi connectivity index (χ0) is 26.5. The second-order valence-corrected chi connectivity index (χ2v) is 10.3. The van der Waals surface area contributed by atoms with Gasteiger partial charge >= 0.3 is 5.97 Å². The number of carboxylic acid groups (broad SMARTS) is 1. The SMILES string of the molecule is CN(CC(=O)N(C)C(Cc1ccc(-c2ccc(C(=O)O)cc2)cc1)N1CCCC1)c1ccc(Cl)c(Cl)c1. The van der Waals surface area contributed by atoms with Gasteiger partial charge in [0.1, 0.15) is 0 Å². The Hall–Kier alpha value is -3.06. The highest BCUT2D eigenvalue weighted by Gasteiger charge is 2.29. The Morgan fingerprint density at radius 3 is 2.05 bits per heavy atom. The lowest BCUT2D eigenvalue weighted by Gasteiger charge is -2.36. The third kappa shape index (κ3) is 6.63. The molecule has 6 nitrogen and oxygen atoms in total. The van der Waals surface area contributed by atoms with Crippen LogP contribution in [0.5, 0.6) is 0 Å². The van der Waals surface area contributed by atoms with Gasteiger partial charge in [-0.15, -0.1) is 0 Å². The van der Waals surface area contributed by atoms with Crippen molar-refractivity contribution in [2.75, 3.05) is 38.6 Å². The zero-order valence-corrected chi connectivity index (χ0v) is 22.5. The number of hydrogen-bond donors (Lipinski definition) is 1. The van der Waals surface area contributed by atoms with Gasteiger partial charge in [-0.05, 0) is 59.9 Å². The van der Waals surface area contributed by atoms with E-state index in [1.807, 2.05) is 54.2 Å². The number of anilines is 1. The van der Waals surface area contributed by atoms with E-state index in [2.05, 4.69) is 17.0 Å². The molecule has 1 heterocycles. The molecule has 3 aromatic carbocycles. The lowest BCUT2D eigenvalue weighted by molar-refractivity contribution is -0.133. The second-order valence-electron chi connectivity index (χ2n) is 9.47. The minimum absolute atomic E-state index is 0.0283. The summed E-state index contributed by atoms with van der Waals surface area (Å²) in [6, 6.07) is 20.5. The van der Waals surface area contributed by atoms with E-state index >= 15 is 0 Å². The highest BCUT2D eigenvalue weighted by atomic mass is 35.5. The number of aromatic carboxylic acids is 1. The van der Waals surface area contributed by atoms with Crippen molar-refractivity contribution in [1.29, 1.82) is 0 Å². The Labute approximate surface area is 228 Å². The molecule has 0 radical (unpaired) electrons. The van der Waals surface area contributed by atoms with E-state index < -0.39 is 5.97 Å². The van der Waals surface area contributed by atoms with Crippen LogP contribution in [0.1, 0.15) is 28.8 Å². The Morgan fingerprint density at radius 1 is 0.892 bits per heavy atom. The van der Waals surface area contributed by atoms with Crippen molar-refractivity contribution < 1.29 is 14.7 Å². The molecule has 0 bridgehead atoms. The quantitative estimate of drug-likeness (QED) is 0.365. The van der Waals surface area contributed by atoms with Crippen molar-refractivity contribution in [2.45, 2.75) is 25.4 Å². The average Bonchev–Trinajstić information content (AvgIpc) is 3.43. The smallest absolute Gasteiger partial charge is 0.335 e. The summed E-state index contributed by atoms with van der Waals surface area (Å²) in [6.07, 6.45) is 2.94. The third-order valence-corrected chi connectivity index (χ3v) is 7.70. The third-order valence-electron chi connectivity index (χ3n) is 6.96. The molecule has 1 saturated heterocycles. The molecule has 1 fully saturated rings. The van der Waals surface area contributed by atoms with E-state index in [4.69, 9.17) is 28.3 Å². The lowest BCUT2D eigenvalue weighted by Crippen LogP contribution is -2.51. The van der Waals surface area contributed by atoms with Crippen LogP contribution in [0.15, 0.2) is 66.7 Å². The topological polar surface area (TPSA) is 64.1 Å². The van der Waals surface area contributed by atoms with Crippen molar-refractivity contribution in [3.8, 4) is 11.1 Å². The van der Waals surface area contributed by atoms with Crippen LogP contribution >= 0.6 is 23.2 Å². The van der Waals surface area contributed by atoms with Gasteiger partial charge in [-0.25, -0.2) is 4.79 Å². The van der Waals surface area contributed by atoms with Crippen molar-refractivity contribution in [3.63, 3.8) is 0 Å². The molecular formula is C29H31Cl2N3O3. The van der Waals surface area contributed by atoms with Gasteiger partial charge in [-0.2, -0.15) is 0 Å². The van der Waals surface area contributed by atoms with Crippen LogP contribution in [0.25, 0.3) is 11.1 Å². The maximum Gasteiger partial charge on any atom is 0.335 e. The van der Waals surface area contributed by atoms with E-state index in [-0.39, 0.29) is 24.2 Å². The molecule has 3 aromatic rings. The standard InChI is InChI=1S/C29H31Cl2N3O3/c1-32(24-13-14-25(30)26(31)18-24)19-28(35)33(2)27(34-15-3-4-16-34)17-20-5-7-21(8-6-20)22-9-11-23(12-10-22)29(36)37/h5-14,18,27H,3-4,15-17,19H2,1-2H3,(H,36,37). The highest BCUT2D eigenvalue weighted by Crippen LogP contribution is 2.27. The van der Waals surface area contributed by atoms with Gasteiger partial charge < -0.3 is 14.9 Å². The molecule has 1 amide bonds. The number of likely N-dealkylation sites (N-methyl/N-ethyl adjacent to an activating group) is 2. The number of rotatable bonds is 9. The first kappa shape index (κ1) is 27.0. The number of hydrogen-bond acceptors (Lipinski definition) is 4. The van der Waals surface area contributed by atoms with E-state index in [1.54, 1.807) is 24.3 Å². The first-order valence-electron chi connectivity index (χ1n) is 12.3. The van der Waals surface area contributed by atoms with Gasteiger partial charge in [0.15, 0.2) is 0 Å². The summed E-state index contributed by atoms with van der Waals surface area (Å²) in [7, 11) is 3.75. The molecule has 0 spiro atoms. The summed E-state index contributed by atoms with van der Waals surface area (Å²) in [6.45, 7) is 2.17. The molecule has 1 atom stereocenters. The Bertz CT molecular complexity index is 1240. The molecule has 37 heavy (non-hydrogen) atoms. The normalized spacial score (nSPS) is 14.4. The summed E-state index contributed by atoms with van der Waals surface area (Å²) in [5.41, 5.74) is 4.23. The van der Waals surface area contributed by atoms with Crippen LogP contribution in [0, 0.1) is 0 Å². The second kappa shape index (κ2) is 12.0. The van der Waals surface area contributed by atoms with Gasteiger partial charge in [-0.1, -0.05) is 59.6 Å². The molecule has 1 N–H and O–H groups in total. The van der Waals surface area contributed by atoms with Crippen molar-refractivity contribution >= 4 is 40.8 Å². The number of likely N-dealkylation sites (tertiary alicyclic amines) is 1. The van der Waals surface area contributed by atoms with Crippen LogP contribution < -0.4 is 4.90 Å². The molecule has 0 aromatic heterocycles. The van der Waals surface area contributed by atoms with Crippen molar-refractivity contribution in [3.05, 3.63) is 87.9 Å². The molecule has 8 heteroatoms. The van der Waals surface area contributed by atoms with Gasteiger partial charge in [0.05, 0.1) is 28.3 Å². The molecule has 194 valence electrons. The van der Waals surface area contributed by atoms with Crippen LogP contribution in [-0.4, -0.2) is 66.7 Å². The van der Waals surface area contributed by atoms with E-state index in [0.717, 1.165) is 54.7 Å². The fraction of sp³-hybridized carbons (Fsp3) is 0.310. The first-order valence-corrected chi connectivity index (χ1v) is 13.1. The molecule has 1 unspecified atom stereocenters. The fourth-order valence-electron chi connectivity index (χ4n) is 4.69. The largest absolute Gasteiger partial charge is 0.478 e. The van der Waals surface area contributed by atoms with E-state index in [9.17, 15) is 9.59 Å². The van der Waals surface area contributed by atoms with Crippen LogP contribution in [0.4, 0.5) is 5.69 Å². The Morgan fingerprint density at radius 2 is 1.49 bits per heavy atom. The molecule has 4 rings (SSSR count). The minimum Gasteiger partial charge on any atom is -0.478 e. The monoisotopic (exact) mass is 539 g/mol. The van der Waals surface area contributed by atoms with E-state index in [0.29, 0.717) is 10.0 Å². The summed E-state index contributed by atoms with van der Waals surface area (Å²) in [4.78, 5) is 30.6. The number of carbonyl (C=O) groups excluding carboxylic acids is 1. The van der Waals surface area contributed by atoms with Crippen molar-refractivity contribution in [1.82, 2.24) is 9.80 Å². The van der Waals surface area contributed by atoms with Gasteiger partial charge in [0, 0.05) is 39.3 Å². The van der Waals surface area contributed by atoms with Crippen LogP contribution in [0.2, 0.25) is 10.0 Å². The molecule has 0 saturated carbocycles. The Balaban J connectivity index is 1.46. The molecule has 1 aliphatic rings. The number of benzene rings is 3. The number of carboxylic acids is 1. The van der Waals surface area contributed by atoms with Crippen molar-refractivity contribution in [2.24, 2.45) is 0 Å². The summed E-state index contributed by atoms with van der Waals surface area (Å²) < 4.78 is 0. The first-order chi connectivity index (χ1) is 17.7. The number of carbonyl (C=O) groups is 2. The number of halogens is 2. The predicted octanol–water partition coefficient (Wildman–Crippen LogP) is 5.92. The Kier molecular flexibility index (Phi) is 8.75.